The lowest BCUT2D eigenvalue weighted by Crippen LogP contribution is -2.33. The van der Waals surface area contributed by atoms with Gasteiger partial charge in [0.05, 0.1) is 23.6 Å². The second-order valence-electron chi connectivity index (χ2n) is 8.56. The van der Waals surface area contributed by atoms with Gasteiger partial charge in [0.15, 0.2) is 0 Å². The summed E-state index contributed by atoms with van der Waals surface area (Å²) in [5.41, 5.74) is 4.23. The van der Waals surface area contributed by atoms with Crippen molar-refractivity contribution >= 4 is 28.5 Å². The molecule has 1 fully saturated rings. The summed E-state index contributed by atoms with van der Waals surface area (Å²) < 4.78 is 5.20. The molecule has 0 N–H and O–H groups in total. The van der Waals surface area contributed by atoms with Crippen LogP contribution in [-0.2, 0) is 9.53 Å². The smallest absolute Gasteiger partial charge is 0.309 e. The SMILES string of the molecule is CCOC(=O)C1CC1CN(C(=O)c1cccc2cccnc12)c1ccc(-c2ccccc2)cc1. The first-order valence-corrected chi connectivity index (χ1v) is 11.6. The molecule has 0 saturated heterocycles. The third-order valence-electron chi connectivity index (χ3n) is 6.32. The van der Waals surface area contributed by atoms with Crippen LogP contribution in [0.2, 0.25) is 0 Å². The van der Waals surface area contributed by atoms with Gasteiger partial charge in [-0.2, -0.15) is 0 Å². The van der Waals surface area contributed by atoms with Gasteiger partial charge in [-0.05, 0) is 54.7 Å². The van der Waals surface area contributed by atoms with Crippen LogP contribution in [0.15, 0.2) is 91.1 Å². The van der Waals surface area contributed by atoms with Gasteiger partial charge in [-0.1, -0.05) is 60.7 Å². The Morgan fingerprint density at radius 2 is 1.65 bits per heavy atom. The molecule has 0 radical (unpaired) electrons. The zero-order valence-electron chi connectivity index (χ0n) is 19.1. The molecule has 170 valence electrons. The van der Waals surface area contributed by atoms with Crippen LogP contribution < -0.4 is 4.90 Å². The van der Waals surface area contributed by atoms with Gasteiger partial charge in [-0.25, -0.2) is 0 Å². The van der Waals surface area contributed by atoms with Gasteiger partial charge in [-0.15, -0.1) is 0 Å². The quantitative estimate of drug-likeness (QED) is 0.337. The second kappa shape index (κ2) is 9.48. The third kappa shape index (κ3) is 4.42. The number of nitrogens with zero attached hydrogens (tertiary/aromatic N) is 2. The van der Waals surface area contributed by atoms with E-state index in [9.17, 15) is 9.59 Å². The first kappa shape index (κ1) is 21.8. The van der Waals surface area contributed by atoms with E-state index < -0.39 is 0 Å². The maximum Gasteiger partial charge on any atom is 0.309 e. The topological polar surface area (TPSA) is 59.5 Å². The van der Waals surface area contributed by atoms with Crippen LogP contribution in [0.3, 0.4) is 0 Å². The third-order valence-corrected chi connectivity index (χ3v) is 6.32. The number of ether oxygens (including phenoxy) is 1. The first-order chi connectivity index (χ1) is 16.7. The van der Waals surface area contributed by atoms with Gasteiger partial charge in [0.1, 0.15) is 0 Å². The number of amides is 1. The molecule has 1 aliphatic carbocycles. The number of anilines is 1. The number of hydrogen-bond acceptors (Lipinski definition) is 4. The van der Waals surface area contributed by atoms with E-state index in [0.29, 0.717) is 24.2 Å². The van der Waals surface area contributed by atoms with E-state index in [1.807, 2.05) is 79.7 Å². The predicted molar refractivity (Wildman–Crippen MR) is 134 cm³/mol. The van der Waals surface area contributed by atoms with Crippen molar-refractivity contribution in [3.8, 4) is 11.1 Å². The van der Waals surface area contributed by atoms with Gasteiger partial charge in [0.2, 0.25) is 0 Å². The molecule has 1 amide bonds. The van der Waals surface area contributed by atoms with E-state index in [1.165, 1.54) is 0 Å². The lowest BCUT2D eigenvalue weighted by molar-refractivity contribution is -0.145. The van der Waals surface area contributed by atoms with Gasteiger partial charge in [0.25, 0.3) is 5.91 Å². The summed E-state index contributed by atoms with van der Waals surface area (Å²) in [5.74, 6) is -0.360. The normalized spacial score (nSPS) is 16.7. The molecule has 0 spiro atoms. The van der Waals surface area contributed by atoms with Gasteiger partial charge in [0, 0.05) is 23.8 Å². The highest BCUT2D eigenvalue weighted by Gasteiger charge is 2.45. The van der Waals surface area contributed by atoms with Crippen molar-refractivity contribution in [3.63, 3.8) is 0 Å². The highest BCUT2D eigenvalue weighted by molar-refractivity contribution is 6.13. The lowest BCUT2D eigenvalue weighted by Gasteiger charge is -2.24. The number of fused-ring (bicyclic) bond motifs is 1. The number of carbonyl (C=O) groups excluding carboxylic acids is 2. The fourth-order valence-corrected chi connectivity index (χ4v) is 4.41. The minimum atomic E-state index is -0.175. The van der Waals surface area contributed by atoms with Crippen LogP contribution in [-0.4, -0.2) is 30.0 Å². The predicted octanol–water partition coefficient (Wildman–Crippen LogP) is 5.75. The Bertz CT molecular complexity index is 1310. The van der Waals surface area contributed by atoms with Crippen molar-refractivity contribution in [1.82, 2.24) is 4.98 Å². The van der Waals surface area contributed by atoms with Crippen molar-refractivity contribution in [3.05, 3.63) is 96.7 Å². The number of rotatable bonds is 7. The van der Waals surface area contributed by atoms with Gasteiger partial charge < -0.3 is 9.64 Å². The van der Waals surface area contributed by atoms with Crippen molar-refractivity contribution < 1.29 is 14.3 Å². The van der Waals surface area contributed by atoms with Crippen LogP contribution in [0.1, 0.15) is 23.7 Å². The second-order valence-corrected chi connectivity index (χ2v) is 8.56. The molecule has 5 nitrogen and oxygen atoms in total. The van der Waals surface area contributed by atoms with Crippen LogP contribution in [0.4, 0.5) is 5.69 Å². The Balaban J connectivity index is 1.47. The standard InChI is InChI=1S/C29H26N2O3/c1-2-34-29(33)26-18-23(26)19-31(24-15-13-21(14-16-24)20-8-4-3-5-9-20)28(32)25-12-6-10-22-11-7-17-30-27(22)25/h3-17,23,26H,2,18-19H2,1H3. The Morgan fingerprint density at radius 3 is 2.41 bits per heavy atom. The molecule has 1 aliphatic rings. The van der Waals surface area contributed by atoms with Crippen LogP contribution in [0.25, 0.3) is 22.0 Å². The Labute approximate surface area is 199 Å². The molecule has 2 unspecified atom stereocenters. The van der Waals surface area contributed by atoms with Crippen LogP contribution >= 0.6 is 0 Å². The number of aromatic nitrogens is 1. The summed E-state index contributed by atoms with van der Waals surface area (Å²) in [6, 6.07) is 27.6. The summed E-state index contributed by atoms with van der Waals surface area (Å²) in [4.78, 5) is 32.3. The summed E-state index contributed by atoms with van der Waals surface area (Å²) in [6.07, 6.45) is 2.44. The number of para-hydroxylation sites is 1. The van der Waals surface area contributed by atoms with E-state index in [1.54, 1.807) is 11.1 Å². The average molecular weight is 451 g/mol. The Kier molecular flexibility index (Phi) is 6.09. The lowest BCUT2D eigenvalue weighted by atomic mass is 10.0. The maximum atomic E-state index is 13.8. The largest absolute Gasteiger partial charge is 0.466 e. The minimum Gasteiger partial charge on any atom is -0.466 e. The van der Waals surface area contributed by atoms with Crippen molar-refractivity contribution in [2.75, 3.05) is 18.1 Å². The summed E-state index contributed by atoms with van der Waals surface area (Å²) >= 11 is 0. The van der Waals surface area contributed by atoms with Crippen molar-refractivity contribution in [2.45, 2.75) is 13.3 Å². The summed E-state index contributed by atoms with van der Waals surface area (Å²) in [6.45, 7) is 2.64. The minimum absolute atomic E-state index is 0.0831. The summed E-state index contributed by atoms with van der Waals surface area (Å²) in [7, 11) is 0. The number of carbonyl (C=O) groups is 2. The molecule has 5 heteroatoms. The van der Waals surface area contributed by atoms with Gasteiger partial charge in [-0.3, -0.25) is 14.6 Å². The number of esters is 1. The Hall–Kier alpha value is -3.99. The number of benzene rings is 3. The monoisotopic (exact) mass is 450 g/mol. The maximum absolute atomic E-state index is 13.8. The molecule has 0 bridgehead atoms. The number of pyridine rings is 1. The first-order valence-electron chi connectivity index (χ1n) is 11.6. The van der Waals surface area contributed by atoms with Crippen molar-refractivity contribution in [1.29, 1.82) is 0 Å². The van der Waals surface area contributed by atoms with Crippen LogP contribution in [0, 0.1) is 11.8 Å². The highest BCUT2D eigenvalue weighted by Crippen LogP contribution is 2.41. The summed E-state index contributed by atoms with van der Waals surface area (Å²) in [5, 5.41) is 0.920. The average Bonchev–Trinajstić information content (AvgIpc) is 3.67. The molecule has 5 rings (SSSR count). The molecule has 3 aromatic carbocycles. The zero-order chi connectivity index (χ0) is 23.5. The van der Waals surface area contributed by atoms with Crippen molar-refractivity contribution in [2.24, 2.45) is 11.8 Å². The molecule has 1 saturated carbocycles. The molecule has 1 aromatic heterocycles. The molecule has 34 heavy (non-hydrogen) atoms. The zero-order valence-corrected chi connectivity index (χ0v) is 19.1. The van der Waals surface area contributed by atoms with E-state index in [2.05, 4.69) is 17.1 Å². The molecular weight excluding hydrogens is 424 g/mol. The van der Waals surface area contributed by atoms with E-state index in [0.717, 1.165) is 28.6 Å². The van der Waals surface area contributed by atoms with E-state index in [-0.39, 0.29) is 23.7 Å². The molecule has 1 heterocycles. The number of hydrogen-bond donors (Lipinski definition) is 0. The molecular formula is C29H26N2O3. The van der Waals surface area contributed by atoms with Crippen LogP contribution in [0.5, 0.6) is 0 Å². The highest BCUT2D eigenvalue weighted by atomic mass is 16.5. The fourth-order valence-electron chi connectivity index (χ4n) is 4.41. The molecule has 0 aliphatic heterocycles. The van der Waals surface area contributed by atoms with Gasteiger partial charge >= 0.3 is 5.97 Å². The van der Waals surface area contributed by atoms with E-state index in [4.69, 9.17) is 4.74 Å². The van der Waals surface area contributed by atoms with E-state index >= 15 is 0 Å². The fraction of sp³-hybridized carbons (Fsp3) is 0.207. The Morgan fingerprint density at radius 1 is 0.912 bits per heavy atom. The molecule has 4 aromatic rings. The molecule has 2 atom stereocenters.